The number of carboxylic acids is 1. The lowest BCUT2D eigenvalue weighted by Crippen LogP contribution is -2.48. The van der Waals surface area contributed by atoms with Crippen molar-refractivity contribution in [3.8, 4) is 0 Å². The van der Waals surface area contributed by atoms with E-state index in [1.165, 1.54) is 6.08 Å². The molecule has 0 aliphatic carbocycles. The van der Waals surface area contributed by atoms with Crippen LogP contribution in [-0.2, 0) is 9.53 Å². The lowest BCUT2D eigenvalue weighted by atomic mass is 9.94. The SMILES string of the molecule is COC(C(=O)O)C(O)C(O)C(O)/C=C/C(C)(C)C. The van der Waals surface area contributed by atoms with Crippen molar-refractivity contribution in [3.05, 3.63) is 12.2 Å². The summed E-state index contributed by atoms with van der Waals surface area (Å²) in [5, 5.41) is 37.6. The van der Waals surface area contributed by atoms with Crippen LogP contribution in [0.2, 0.25) is 0 Å². The zero-order valence-electron chi connectivity index (χ0n) is 11.1. The molecule has 0 amide bonds. The van der Waals surface area contributed by atoms with Crippen LogP contribution in [0.15, 0.2) is 12.2 Å². The van der Waals surface area contributed by atoms with E-state index in [9.17, 15) is 20.1 Å². The fraction of sp³-hybridized carbons (Fsp3) is 0.750. The van der Waals surface area contributed by atoms with Crippen LogP contribution in [0, 0.1) is 5.41 Å². The van der Waals surface area contributed by atoms with Gasteiger partial charge >= 0.3 is 5.97 Å². The fourth-order valence-electron chi connectivity index (χ4n) is 1.27. The highest BCUT2D eigenvalue weighted by Gasteiger charge is 2.35. The first-order valence-electron chi connectivity index (χ1n) is 5.59. The van der Waals surface area contributed by atoms with Crippen LogP contribution in [0.1, 0.15) is 20.8 Å². The summed E-state index contributed by atoms with van der Waals surface area (Å²) < 4.78 is 4.55. The number of methoxy groups -OCH3 is 1. The third kappa shape index (κ3) is 5.59. The second-order valence-electron chi connectivity index (χ2n) is 5.19. The molecule has 18 heavy (non-hydrogen) atoms. The van der Waals surface area contributed by atoms with Crippen molar-refractivity contribution in [2.24, 2.45) is 5.41 Å². The summed E-state index contributed by atoms with van der Waals surface area (Å²) in [6.07, 6.45) is -3.32. The van der Waals surface area contributed by atoms with E-state index in [2.05, 4.69) is 4.74 Å². The molecule has 0 saturated heterocycles. The number of carboxylic acid groups (broad SMARTS) is 1. The van der Waals surface area contributed by atoms with Crippen LogP contribution >= 0.6 is 0 Å². The summed E-state index contributed by atoms with van der Waals surface area (Å²) in [4.78, 5) is 10.7. The van der Waals surface area contributed by atoms with Gasteiger partial charge in [0.05, 0.1) is 0 Å². The Labute approximate surface area is 107 Å². The minimum Gasteiger partial charge on any atom is -0.479 e. The van der Waals surface area contributed by atoms with Gasteiger partial charge in [0.15, 0.2) is 6.10 Å². The Bertz CT molecular complexity index is 293. The van der Waals surface area contributed by atoms with Gasteiger partial charge in [-0.3, -0.25) is 0 Å². The van der Waals surface area contributed by atoms with E-state index in [1.54, 1.807) is 6.08 Å². The monoisotopic (exact) mass is 262 g/mol. The molecule has 0 radical (unpaired) electrons. The number of aliphatic hydroxyl groups excluding tert-OH is 3. The molecule has 0 heterocycles. The Morgan fingerprint density at radius 2 is 1.67 bits per heavy atom. The van der Waals surface area contributed by atoms with Crippen LogP contribution in [0.25, 0.3) is 0 Å². The van der Waals surface area contributed by atoms with E-state index in [4.69, 9.17) is 5.11 Å². The smallest absolute Gasteiger partial charge is 0.335 e. The zero-order chi connectivity index (χ0) is 14.5. The molecule has 4 N–H and O–H groups in total. The maximum Gasteiger partial charge on any atom is 0.335 e. The van der Waals surface area contributed by atoms with Gasteiger partial charge < -0.3 is 25.2 Å². The fourth-order valence-corrected chi connectivity index (χ4v) is 1.27. The summed E-state index contributed by atoms with van der Waals surface area (Å²) in [5.74, 6) is -1.41. The highest BCUT2D eigenvalue weighted by Crippen LogP contribution is 2.16. The van der Waals surface area contributed by atoms with Crippen molar-refractivity contribution in [1.29, 1.82) is 0 Å². The Morgan fingerprint density at radius 1 is 1.17 bits per heavy atom. The number of hydrogen-bond donors (Lipinski definition) is 4. The van der Waals surface area contributed by atoms with Crippen LogP contribution in [0.4, 0.5) is 0 Å². The molecule has 0 aliphatic rings. The number of carbonyl (C=O) groups is 1. The number of allylic oxidation sites excluding steroid dienone is 1. The third-order valence-corrected chi connectivity index (χ3v) is 2.30. The lowest BCUT2D eigenvalue weighted by Gasteiger charge is -2.25. The first-order valence-corrected chi connectivity index (χ1v) is 5.59. The van der Waals surface area contributed by atoms with Crippen molar-refractivity contribution in [2.45, 2.75) is 45.2 Å². The highest BCUT2D eigenvalue weighted by molar-refractivity contribution is 5.73. The molecule has 0 aliphatic heterocycles. The van der Waals surface area contributed by atoms with Crippen LogP contribution in [0.5, 0.6) is 0 Å². The van der Waals surface area contributed by atoms with Crippen molar-refractivity contribution in [1.82, 2.24) is 0 Å². The van der Waals surface area contributed by atoms with Crippen LogP contribution in [-0.4, -0.2) is 57.9 Å². The summed E-state index contributed by atoms with van der Waals surface area (Å²) in [6.45, 7) is 5.69. The largest absolute Gasteiger partial charge is 0.479 e. The molecule has 4 atom stereocenters. The molecule has 6 heteroatoms. The highest BCUT2D eigenvalue weighted by atomic mass is 16.5. The minimum atomic E-state index is -1.72. The molecule has 4 unspecified atom stereocenters. The average molecular weight is 262 g/mol. The number of aliphatic carboxylic acids is 1. The average Bonchev–Trinajstić information content (AvgIpc) is 2.24. The van der Waals surface area contributed by atoms with Gasteiger partial charge in [0.2, 0.25) is 0 Å². The Kier molecular flexibility index (Phi) is 6.48. The van der Waals surface area contributed by atoms with E-state index in [1.807, 2.05) is 20.8 Å². The maximum atomic E-state index is 10.7. The van der Waals surface area contributed by atoms with E-state index < -0.39 is 30.4 Å². The number of hydrogen-bond acceptors (Lipinski definition) is 5. The van der Waals surface area contributed by atoms with Gasteiger partial charge in [-0.15, -0.1) is 0 Å². The Morgan fingerprint density at radius 3 is 2.00 bits per heavy atom. The molecule has 0 aromatic heterocycles. The molecule has 106 valence electrons. The van der Waals surface area contributed by atoms with Gasteiger partial charge in [-0.2, -0.15) is 0 Å². The minimum absolute atomic E-state index is 0.195. The van der Waals surface area contributed by atoms with Gasteiger partial charge in [0.1, 0.15) is 18.3 Å². The van der Waals surface area contributed by atoms with Gasteiger partial charge in [-0.05, 0) is 5.41 Å². The van der Waals surface area contributed by atoms with E-state index in [0.29, 0.717) is 0 Å². The quantitative estimate of drug-likeness (QED) is 0.493. The molecule has 0 bridgehead atoms. The summed E-state index contributed by atoms with van der Waals surface area (Å²) in [7, 11) is 1.10. The molecule has 0 aromatic rings. The van der Waals surface area contributed by atoms with Crippen LogP contribution < -0.4 is 0 Å². The second kappa shape index (κ2) is 6.84. The van der Waals surface area contributed by atoms with Crippen molar-refractivity contribution < 1.29 is 30.0 Å². The second-order valence-corrected chi connectivity index (χ2v) is 5.19. The molecule has 0 saturated carbocycles. The predicted molar refractivity (Wildman–Crippen MR) is 65.0 cm³/mol. The number of rotatable bonds is 6. The molecule has 0 aromatic carbocycles. The van der Waals surface area contributed by atoms with E-state index in [-0.39, 0.29) is 5.41 Å². The number of ether oxygens (including phenoxy) is 1. The predicted octanol–water partition coefficient (Wildman–Crippen LogP) is -0.229. The van der Waals surface area contributed by atoms with Crippen molar-refractivity contribution in [3.63, 3.8) is 0 Å². The number of aliphatic hydroxyl groups is 3. The van der Waals surface area contributed by atoms with E-state index in [0.717, 1.165) is 7.11 Å². The molecule has 0 fully saturated rings. The molecule has 0 spiro atoms. The summed E-state index contributed by atoms with van der Waals surface area (Å²) in [6, 6.07) is 0. The van der Waals surface area contributed by atoms with Crippen LogP contribution in [0.3, 0.4) is 0 Å². The topological polar surface area (TPSA) is 107 Å². The molecular formula is C12H22O6. The van der Waals surface area contributed by atoms with Gasteiger partial charge in [0, 0.05) is 7.11 Å². The van der Waals surface area contributed by atoms with Gasteiger partial charge in [-0.1, -0.05) is 32.9 Å². The van der Waals surface area contributed by atoms with Crippen molar-refractivity contribution >= 4 is 5.97 Å². The summed E-state index contributed by atoms with van der Waals surface area (Å²) >= 11 is 0. The zero-order valence-corrected chi connectivity index (χ0v) is 11.1. The maximum absolute atomic E-state index is 10.7. The third-order valence-electron chi connectivity index (χ3n) is 2.30. The summed E-state index contributed by atoms with van der Waals surface area (Å²) in [5.41, 5.74) is -0.195. The van der Waals surface area contributed by atoms with Gasteiger partial charge in [0.25, 0.3) is 0 Å². The normalized spacial score (nSPS) is 19.5. The lowest BCUT2D eigenvalue weighted by molar-refractivity contribution is -0.165. The first-order chi connectivity index (χ1) is 8.10. The standard InChI is InChI=1S/C12H22O6/c1-12(2,3)6-5-7(13)8(14)9(15)10(18-4)11(16)17/h5-10,13-15H,1-4H3,(H,16,17)/b6-5+. The Hall–Kier alpha value is -0.950. The Balaban J connectivity index is 4.68. The molecular weight excluding hydrogens is 240 g/mol. The van der Waals surface area contributed by atoms with Gasteiger partial charge in [-0.25, -0.2) is 4.79 Å². The molecule has 0 rings (SSSR count). The van der Waals surface area contributed by atoms with Crippen molar-refractivity contribution in [2.75, 3.05) is 7.11 Å². The molecule has 6 nitrogen and oxygen atoms in total. The van der Waals surface area contributed by atoms with E-state index >= 15 is 0 Å². The first kappa shape index (κ1) is 17.1.